The summed E-state index contributed by atoms with van der Waals surface area (Å²) in [6.07, 6.45) is 0. The van der Waals surface area contributed by atoms with Crippen LogP contribution in [0, 0.1) is 6.92 Å². The van der Waals surface area contributed by atoms with Crippen molar-refractivity contribution in [1.82, 2.24) is 9.88 Å². The molecule has 0 aromatic carbocycles. The van der Waals surface area contributed by atoms with Gasteiger partial charge >= 0.3 is 5.97 Å². The van der Waals surface area contributed by atoms with Crippen molar-refractivity contribution in [2.45, 2.75) is 19.5 Å². The van der Waals surface area contributed by atoms with E-state index in [1.54, 1.807) is 0 Å². The van der Waals surface area contributed by atoms with E-state index in [9.17, 15) is 4.79 Å². The third-order valence-corrected chi connectivity index (χ3v) is 2.84. The lowest BCUT2D eigenvalue weighted by atomic mass is 10.2. The van der Waals surface area contributed by atoms with Gasteiger partial charge in [0, 0.05) is 18.8 Å². The lowest BCUT2D eigenvalue weighted by Crippen LogP contribution is -2.49. The van der Waals surface area contributed by atoms with Crippen molar-refractivity contribution in [2.75, 3.05) is 19.8 Å². The number of aliphatic carboxylic acids is 1. The number of aromatic nitrogens is 1. The molecule has 1 aromatic heterocycles. The topological polar surface area (TPSA) is 62.7 Å². The van der Waals surface area contributed by atoms with Crippen molar-refractivity contribution in [3.05, 3.63) is 29.6 Å². The van der Waals surface area contributed by atoms with E-state index in [1.807, 2.05) is 30.0 Å². The number of pyridine rings is 1. The lowest BCUT2D eigenvalue weighted by Gasteiger charge is -2.32. The molecule has 1 aliphatic heterocycles. The van der Waals surface area contributed by atoms with Gasteiger partial charge in [-0.1, -0.05) is 6.07 Å². The second kappa shape index (κ2) is 5.25. The van der Waals surface area contributed by atoms with Crippen LogP contribution in [-0.4, -0.2) is 46.8 Å². The first-order valence-corrected chi connectivity index (χ1v) is 5.64. The average molecular weight is 236 g/mol. The van der Waals surface area contributed by atoms with Crippen molar-refractivity contribution in [1.29, 1.82) is 0 Å². The van der Waals surface area contributed by atoms with Crippen LogP contribution in [0.15, 0.2) is 18.2 Å². The molecule has 2 rings (SSSR count). The van der Waals surface area contributed by atoms with Crippen molar-refractivity contribution >= 4 is 5.97 Å². The van der Waals surface area contributed by atoms with E-state index < -0.39 is 12.0 Å². The molecule has 1 unspecified atom stereocenters. The van der Waals surface area contributed by atoms with Crippen molar-refractivity contribution in [3.8, 4) is 0 Å². The molecule has 1 atom stereocenters. The first kappa shape index (κ1) is 12.0. The molecule has 0 saturated carbocycles. The first-order valence-electron chi connectivity index (χ1n) is 5.64. The molecule has 5 nitrogen and oxygen atoms in total. The maximum Gasteiger partial charge on any atom is 0.323 e. The van der Waals surface area contributed by atoms with Crippen LogP contribution in [0.25, 0.3) is 0 Å². The zero-order valence-corrected chi connectivity index (χ0v) is 9.80. The monoisotopic (exact) mass is 236 g/mol. The number of hydrogen-bond acceptors (Lipinski definition) is 4. The van der Waals surface area contributed by atoms with Gasteiger partial charge in [-0.05, 0) is 19.1 Å². The first-order chi connectivity index (χ1) is 8.16. The highest BCUT2D eigenvalue weighted by Crippen LogP contribution is 2.11. The molecule has 0 amide bonds. The van der Waals surface area contributed by atoms with Gasteiger partial charge in [0.25, 0.3) is 0 Å². The average Bonchev–Trinajstić information content (AvgIpc) is 2.29. The molecule has 1 fully saturated rings. The summed E-state index contributed by atoms with van der Waals surface area (Å²) >= 11 is 0. The molecule has 17 heavy (non-hydrogen) atoms. The number of hydrogen-bond donors (Lipinski definition) is 1. The SMILES string of the molecule is Cc1cccc(CN2CCOCC2C(=O)O)n1. The highest BCUT2D eigenvalue weighted by molar-refractivity contribution is 5.73. The number of morpholine rings is 1. The number of ether oxygens (including phenoxy) is 1. The van der Waals surface area contributed by atoms with Crippen molar-refractivity contribution < 1.29 is 14.6 Å². The highest BCUT2D eigenvalue weighted by Gasteiger charge is 2.29. The summed E-state index contributed by atoms with van der Waals surface area (Å²) in [6.45, 7) is 3.95. The van der Waals surface area contributed by atoms with E-state index >= 15 is 0 Å². The van der Waals surface area contributed by atoms with Gasteiger partial charge in [0.2, 0.25) is 0 Å². The molecule has 5 heteroatoms. The number of nitrogens with zero attached hydrogens (tertiary/aromatic N) is 2. The van der Waals surface area contributed by atoms with Gasteiger partial charge in [0.15, 0.2) is 0 Å². The Morgan fingerprint density at radius 1 is 1.65 bits per heavy atom. The molecule has 1 aliphatic rings. The fourth-order valence-corrected chi connectivity index (χ4v) is 1.95. The van der Waals surface area contributed by atoms with Crippen LogP contribution in [0.2, 0.25) is 0 Å². The maximum absolute atomic E-state index is 11.1. The quantitative estimate of drug-likeness (QED) is 0.836. The normalized spacial score (nSPS) is 21.4. The summed E-state index contributed by atoms with van der Waals surface area (Å²) in [5.74, 6) is -0.836. The Morgan fingerprint density at radius 2 is 2.47 bits per heavy atom. The van der Waals surface area contributed by atoms with Gasteiger partial charge in [-0.25, -0.2) is 0 Å². The van der Waals surface area contributed by atoms with Crippen LogP contribution in [0.4, 0.5) is 0 Å². The minimum atomic E-state index is -0.836. The molecule has 1 aromatic rings. The predicted octanol–water partition coefficient (Wildman–Crippen LogP) is 0.675. The molecule has 92 valence electrons. The second-order valence-electron chi connectivity index (χ2n) is 4.17. The van der Waals surface area contributed by atoms with Gasteiger partial charge in [-0.15, -0.1) is 0 Å². The van der Waals surface area contributed by atoms with E-state index in [4.69, 9.17) is 9.84 Å². The van der Waals surface area contributed by atoms with Crippen molar-refractivity contribution in [3.63, 3.8) is 0 Å². The summed E-state index contributed by atoms with van der Waals surface area (Å²) in [4.78, 5) is 17.4. The molecule has 0 spiro atoms. The Morgan fingerprint density at radius 3 is 3.18 bits per heavy atom. The molecule has 1 saturated heterocycles. The van der Waals surface area contributed by atoms with Gasteiger partial charge < -0.3 is 9.84 Å². The molecular weight excluding hydrogens is 220 g/mol. The van der Waals surface area contributed by atoms with E-state index in [2.05, 4.69) is 4.98 Å². The Balaban J connectivity index is 2.08. The lowest BCUT2D eigenvalue weighted by molar-refractivity contribution is -0.150. The van der Waals surface area contributed by atoms with Crippen LogP contribution in [-0.2, 0) is 16.1 Å². The molecule has 2 heterocycles. The molecular formula is C12H16N2O3. The Labute approximate surface area is 100 Å². The fourth-order valence-electron chi connectivity index (χ4n) is 1.95. The van der Waals surface area contributed by atoms with Crippen LogP contribution in [0.3, 0.4) is 0 Å². The third kappa shape index (κ3) is 3.01. The molecule has 0 radical (unpaired) electrons. The van der Waals surface area contributed by atoms with E-state index in [-0.39, 0.29) is 6.61 Å². The number of carboxylic acids is 1. The van der Waals surface area contributed by atoms with E-state index in [1.165, 1.54) is 0 Å². The largest absolute Gasteiger partial charge is 0.480 e. The standard InChI is InChI=1S/C12H16N2O3/c1-9-3-2-4-10(13-9)7-14-5-6-17-8-11(14)12(15)16/h2-4,11H,5-8H2,1H3,(H,15,16). The summed E-state index contributed by atoms with van der Waals surface area (Å²) in [7, 11) is 0. The second-order valence-corrected chi connectivity index (χ2v) is 4.17. The summed E-state index contributed by atoms with van der Waals surface area (Å²) in [5.41, 5.74) is 1.85. The zero-order valence-electron chi connectivity index (χ0n) is 9.80. The Bertz CT molecular complexity index is 408. The van der Waals surface area contributed by atoms with Crippen LogP contribution in [0.5, 0.6) is 0 Å². The molecule has 0 aliphatic carbocycles. The minimum absolute atomic E-state index is 0.251. The van der Waals surface area contributed by atoms with Gasteiger partial charge in [0.1, 0.15) is 6.04 Å². The van der Waals surface area contributed by atoms with Gasteiger partial charge in [-0.2, -0.15) is 0 Å². The number of carbonyl (C=O) groups is 1. The number of carboxylic acid groups (broad SMARTS) is 1. The summed E-state index contributed by atoms with van der Waals surface area (Å²) in [5, 5.41) is 9.10. The van der Waals surface area contributed by atoms with Crippen LogP contribution in [0.1, 0.15) is 11.4 Å². The highest BCUT2D eigenvalue weighted by atomic mass is 16.5. The number of rotatable bonds is 3. The van der Waals surface area contributed by atoms with Crippen LogP contribution >= 0.6 is 0 Å². The summed E-state index contributed by atoms with van der Waals surface area (Å²) in [6, 6.07) is 5.22. The zero-order chi connectivity index (χ0) is 12.3. The Kier molecular flexibility index (Phi) is 3.71. The minimum Gasteiger partial charge on any atom is -0.480 e. The van der Waals surface area contributed by atoms with Gasteiger partial charge in [-0.3, -0.25) is 14.7 Å². The van der Waals surface area contributed by atoms with Crippen LogP contribution < -0.4 is 0 Å². The van der Waals surface area contributed by atoms with Gasteiger partial charge in [0.05, 0.1) is 18.9 Å². The third-order valence-electron chi connectivity index (χ3n) is 2.84. The smallest absolute Gasteiger partial charge is 0.323 e. The Hall–Kier alpha value is -1.46. The predicted molar refractivity (Wildman–Crippen MR) is 61.6 cm³/mol. The fraction of sp³-hybridized carbons (Fsp3) is 0.500. The van der Waals surface area contributed by atoms with E-state index in [0.29, 0.717) is 19.7 Å². The van der Waals surface area contributed by atoms with Crippen molar-refractivity contribution in [2.24, 2.45) is 0 Å². The summed E-state index contributed by atoms with van der Waals surface area (Å²) < 4.78 is 5.19. The van der Waals surface area contributed by atoms with E-state index in [0.717, 1.165) is 11.4 Å². The molecule has 0 bridgehead atoms. The number of aryl methyl sites for hydroxylation is 1. The molecule has 1 N–H and O–H groups in total. The maximum atomic E-state index is 11.1.